The first-order valence-corrected chi connectivity index (χ1v) is 5.89. The number of nitrogens with one attached hydrogen (secondary N) is 1. The predicted octanol–water partition coefficient (Wildman–Crippen LogP) is 3.57. The van der Waals surface area contributed by atoms with Crippen molar-refractivity contribution >= 4 is 5.69 Å². The number of methoxy groups -OCH3 is 1. The lowest BCUT2D eigenvalue weighted by Crippen LogP contribution is -2.07. The molecule has 3 nitrogen and oxygen atoms in total. The van der Waals surface area contributed by atoms with Gasteiger partial charge in [0.15, 0.2) is 0 Å². The van der Waals surface area contributed by atoms with Gasteiger partial charge in [0.2, 0.25) is 0 Å². The first kappa shape index (κ1) is 12.3. The Labute approximate surface area is 107 Å². The lowest BCUT2D eigenvalue weighted by molar-refractivity contribution is 0.408. The van der Waals surface area contributed by atoms with E-state index >= 15 is 0 Å². The van der Waals surface area contributed by atoms with Gasteiger partial charge in [-0.3, -0.25) is 0 Å². The summed E-state index contributed by atoms with van der Waals surface area (Å²) in [7, 11) is 1.67. The highest BCUT2D eigenvalue weighted by Crippen LogP contribution is 2.27. The average molecular weight is 243 g/mol. The maximum atomic E-state index is 9.24. The van der Waals surface area contributed by atoms with E-state index in [1.54, 1.807) is 19.2 Å². The molecule has 0 bridgehead atoms. The van der Waals surface area contributed by atoms with Gasteiger partial charge >= 0.3 is 0 Å². The van der Waals surface area contributed by atoms with E-state index in [9.17, 15) is 5.11 Å². The van der Waals surface area contributed by atoms with Gasteiger partial charge in [0.05, 0.1) is 13.2 Å². The molecule has 2 rings (SSSR count). The minimum absolute atomic E-state index is 0.130. The van der Waals surface area contributed by atoms with Gasteiger partial charge in [0, 0.05) is 11.3 Å². The Morgan fingerprint density at radius 3 is 2.39 bits per heavy atom. The number of phenolic OH excluding ortho intramolecular Hbond substituents is 1. The summed E-state index contributed by atoms with van der Waals surface area (Å²) in [5.74, 6) is 1.14. The number of rotatable bonds is 4. The van der Waals surface area contributed by atoms with Crippen molar-refractivity contribution in [2.45, 2.75) is 13.0 Å². The van der Waals surface area contributed by atoms with E-state index in [1.165, 1.54) is 0 Å². The zero-order chi connectivity index (χ0) is 13.0. The van der Waals surface area contributed by atoms with Gasteiger partial charge in [-0.1, -0.05) is 18.2 Å². The van der Waals surface area contributed by atoms with Crippen LogP contribution in [0, 0.1) is 0 Å². The first-order valence-electron chi connectivity index (χ1n) is 5.89. The van der Waals surface area contributed by atoms with Crippen molar-refractivity contribution in [2.75, 3.05) is 12.4 Å². The second-order valence-electron chi connectivity index (χ2n) is 4.15. The monoisotopic (exact) mass is 243 g/mol. The fraction of sp³-hybridized carbons (Fsp3) is 0.200. The van der Waals surface area contributed by atoms with Gasteiger partial charge in [0.1, 0.15) is 11.5 Å². The lowest BCUT2D eigenvalue weighted by atomic mass is 10.1. The normalized spacial score (nSPS) is 11.9. The van der Waals surface area contributed by atoms with E-state index in [0.29, 0.717) is 0 Å². The SMILES string of the molecule is COc1ccccc1C(C)Nc1ccc(O)cc1. The molecule has 1 atom stereocenters. The number of phenols is 1. The van der Waals surface area contributed by atoms with Crippen LogP contribution in [0.5, 0.6) is 11.5 Å². The van der Waals surface area contributed by atoms with Crippen molar-refractivity contribution in [2.24, 2.45) is 0 Å². The molecule has 0 aromatic heterocycles. The number of ether oxygens (including phenoxy) is 1. The average Bonchev–Trinajstić information content (AvgIpc) is 2.41. The summed E-state index contributed by atoms with van der Waals surface area (Å²) < 4.78 is 5.34. The van der Waals surface area contributed by atoms with Crippen molar-refractivity contribution in [1.29, 1.82) is 0 Å². The van der Waals surface area contributed by atoms with Gasteiger partial charge < -0.3 is 15.2 Å². The Bertz CT molecular complexity index is 508. The minimum Gasteiger partial charge on any atom is -0.508 e. The van der Waals surface area contributed by atoms with Crippen molar-refractivity contribution in [1.82, 2.24) is 0 Å². The molecule has 0 aliphatic carbocycles. The molecule has 0 aliphatic rings. The van der Waals surface area contributed by atoms with Gasteiger partial charge in [-0.15, -0.1) is 0 Å². The van der Waals surface area contributed by atoms with Crippen LogP contribution in [-0.4, -0.2) is 12.2 Å². The van der Waals surface area contributed by atoms with Gasteiger partial charge in [-0.05, 0) is 37.3 Å². The second kappa shape index (κ2) is 5.45. The quantitative estimate of drug-likeness (QED) is 0.806. The Hall–Kier alpha value is -2.16. The van der Waals surface area contributed by atoms with Crippen LogP contribution < -0.4 is 10.1 Å². The fourth-order valence-electron chi connectivity index (χ4n) is 1.91. The number of anilines is 1. The van der Waals surface area contributed by atoms with Crippen LogP contribution in [0.2, 0.25) is 0 Å². The third-order valence-electron chi connectivity index (χ3n) is 2.86. The van der Waals surface area contributed by atoms with Crippen molar-refractivity contribution in [3.8, 4) is 11.5 Å². The zero-order valence-electron chi connectivity index (χ0n) is 10.6. The number of hydrogen-bond donors (Lipinski definition) is 2. The Morgan fingerprint density at radius 1 is 1.06 bits per heavy atom. The van der Waals surface area contributed by atoms with E-state index in [1.807, 2.05) is 36.4 Å². The predicted molar refractivity (Wildman–Crippen MR) is 73.1 cm³/mol. The fourth-order valence-corrected chi connectivity index (χ4v) is 1.91. The van der Waals surface area contributed by atoms with Crippen molar-refractivity contribution < 1.29 is 9.84 Å². The third-order valence-corrected chi connectivity index (χ3v) is 2.86. The summed E-state index contributed by atoms with van der Waals surface area (Å²) >= 11 is 0. The molecular weight excluding hydrogens is 226 g/mol. The Kier molecular flexibility index (Phi) is 3.72. The summed E-state index contributed by atoms with van der Waals surface area (Å²) in [5.41, 5.74) is 2.07. The highest BCUT2D eigenvalue weighted by molar-refractivity contribution is 5.49. The molecule has 2 aromatic carbocycles. The summed E-state index contributed by atoms with van der Waals surface area (Å²) in [4.78, 5) is 0. The lowest BCUT2D eigenvalue weighted by Gasteiger charge is -2.18. The molecule has 0 fully saturated rings. The molecule has 2 aromatic rings. The summed E-state index contributed by atoms with van der Waals surface area (Å²) in [6, 6.07) is 15.1. The zero-order valence-corrected chi connectivity index (χ0v) is 10.6. The minimum atomic E-state index is 0.130. The van der Waals surface area contributed by atoms with E-state index in [2.05, 4.69) is 12.2 Å². The molecule has 3 heteroatoms. The van der Waals surface area contributed by atoms with Crippen LogP contribution in [0.4, 0.5) is 5.69 Å². The Morgan fingerprint density at radius 2 is 1.72 bits per heavy atom. The largest absolute Gasteiger partial charge is 0.508 e. The van der Waals surface area contributed by atoms with Gasteiger partial charge in [0.25, 0.3) is 0 Å². The third kappa shape index (κ3) is 2.74. The summed E-state index contributed by atoms with van der Waals surface area (Å²) in [6.07, 6.45) is 0. The molecule has 0 amide bonds. The van der Waals surface area contributed by atoms with E-state index in [4.69, 9.17) is 4.74 Å². The highest BCUT2D eigenvalue weighted by atomic mass is 16.5. The number of hydrogen-bond acceptors (Lipinski definition) is 3. The molecule has 2 N–H and O–H groups in total. The topological polar surface area (TPSA) is 41.5 Å². The van der Waals surface area contributed by atoms with Crippen molar-refractivity contribution in [3.05, 3.63) is 54.1 Å². The number of para-hydroxylation sites is 1. The van der Waals surface area contributed by atoms with Crippen LogP contribution >= 0.6 is 0 Å². The maximum Gasteiger partial charge on any atom is 0.124 e. The summed E-state index contributed by atoms with van der Waals surface area (Å²) in [6.45, 7) is 2.07. The number of aromatic hydroxyl groups is 1. The highest BCUT2D eigenvalue weighted by Gasteiger charge is 2.10. The maximum absolute atomic E-state index is 9.24. The van der Waals surface area contributed by atoms with Crippen LogP contribution in [0.15, 0.2) is 48.5 Å². The smallest absolute Gasteiger partial charge is 0.124 e. The second-order valence-corrected chi connectivity index (χ2v) is 4.15. The van der Waals surface area contributed by atoms with E-state index < -0.39 is 0 Å². The van der Waals surface area contributed by atoms with Crippen LogP contribution in [0.1, 0.15) is 18.5 Å². The molecule has 0 aliphatic heterocycles. The van der Waals surface area contributed by atoms with E-state index in [0.717, 1.165) is 17.0 Å². The van der Waals surface area contributed by atoms with Gasteiger partial charge in [-0.25, -0.2) is 0 Å². The van der Waals surface area contributed by atoms with Crippen LogP contribution in [0.3, 0.4) is 0 Å². The Balaban J connectivity index is 2.16. The number of benzene rings is 2. The molecule has 1 unspecified atom stereocenters. The van der Waals surface area contributed by atoms with Gasteiger partial charge in [-0.2, -0.15) is 0 Å². The molecule has 0 heterocycles. The van der Waals surface area contributed by atoms with Crippen LogP contribution in [-0.2, 0) is 0 Å². The van der Waals surface area contributed by atoms with E-state index in [-0.39, 0.29) is 11.8 Å². The molecule has 94 valence electrons. The molecule has 0 radical (unpaired) electrons. The molecule has 0 saturated carbocycles. The molecule has 0 saturated heterocycles. The standard InChI is InChI=1S/C15H17NO2/c1-11(14-5-3-4-6-15(14)18-2)16-12-7-9-13(17)10-8-12/h3-11,16-17H,1-2H3. The van der Waals surface area contributed by atoms with Crippen LogP contribution in [0.25, 0.3) is 0 Å². The molecule has 0 spiro atoms. The molecular formula is C15H17NO2. The molecule has 18 heavy (non-hydrogen) atoms. The summed E-state index contributed by atoms with van der Waals surface area (Å²) in [5, 5.41) is 12.6. The first-order chi connectivity index (χ1) is 8.70. The van der Waals surface area contributed by atoms with Crippen molar-refractivity contribution in [3.63, 3.8) is 0 Å².